The number of halogens is 1. The smallest absolute Gasteiger partial charge is 0.313 e. The number of benzene rings is 2. The van der Waals surface area contributed by atoms with E-state index >= 15 is 0 Å². The lowest BCUT2D eigenvalue weighted by Crippen LogP contribution is -2.23. The van der Waals surface area contributed by atoms with Crippen molar-refractivity contribution in [3.05, 3.63) is 59.1 Å². The maximum atomic E-state index is 12.2. The van der Waals surface area contributed by atoms with Gasteiger partial charge in [-0.05, 0) is 30.2 Å². The van der Waals surface area contributed by atoms with Crippen LogP contribution in [0.25, 0.3) is 0 Å². The van der Waals surface area contributed by atoms with Crippen LogP contribution in [0.1, 0.15) is 24.8 Å². The number of carbonyl (C=O) groups is 2. The van der Waals surface area contributed by atoms with Crippen molar-refractivity contribution < 1.29 is 19.1 Å². The summed E-state index contributed by atoms with van der Waals surface area (Å²) in [5, 5.41) is 3.01. The van der Waals surface area contributed by atoms with Crippen LogP contribution in [0.4, 0.5) is 5.69 Å². The summed E-state index contributed by atoms with van der Waals surface area (Å²) < 4.78 is 10.2. The topological polar surface area (TPSA) is 64.6 Å². The van der Waals surface area contributed by atoms with Gasteiger partial charge in [0.05, 0.1) is 18.1 Å². The minimum absolute atomic E-state index is 0.355. The van der Waals surface area contributed by atoms with Crippen LogP contribution in [0, 0.1) is 0 Å². The molecule has 6 heteroatoms. The zero-order chi connectivity index (χ0) is 18.2. The Balaban J connectivity index is 1.90. The third-order valence-corrected chi connectivity index (χ3v) is 3.97. The van der Waals surface area contributed by atoms with Gasteiger partial charge in [0.25, 0.3) is 5.91 Å². The molecule has 2 aromatic rings. The first-order chi connectivity index (χ1) is 12.0. The Morgan fingerprint density at radius 3 is 2.48 bits per heavy atom. The van der Waals surface area contributed by atoms with Gasteiger partial charge in [0, 0.05) is 5.69 Å². The molecule has 0 saturated carbocycles. The molecule has 25 heavy (non-hydrogen) atoms. The molecular weight excluding hydrogens is 342 g/mol. The quantitative estimate of drug-likeness (QED) is 0.756. The van der Waals surface area contributed by atoms with Gasteiger partial charge in [-0.3, -0.25) is 9.59 Å². The van der Waals surface area contributed by atoms with Crippen LogP contribution in [0.15, 0.2) is 48.5 Å². The summed E-state index contributed by atoms with van der Waals surface area (Å²) >= 11 is 6.01. The summed E-state index contributed by atoms with van der Waals surface area (Å²) in [6.45, 7) is 1.55. The van der Waals surface area contributed by atoms with Crippen molar-refractivity contribution in [1.82, 2.24) is 0 Å². The van der Waals surface area contributed by atoms with Gasteiger partial charge in [0.2, 0.25) is 0 Å². The Bertz CT molecular complexity index is 733. The van der Waals surface area contributed by atoms with E-state index in [1.54, 1.807) is 18.2 Å². The zero-order valence-corrected chi connectivity index (χ0v) is 14.9. The summed E-state index contributed by atoms with van der Waals surface area (Å²) in [5.74, 6) is -0.724. The van der Waals surface area contributed by atoms with Crippen LogP contribution < -0.4 is 10.1 Å². The standard InChI is InChI=1S/C19H20ClNO4/c1-3-15(13-7-5-4-6-8-13)19(23)25-12-18(22)21-14-9-10-17(24-2)16(20)11-14/h4-11,15H,3,12H2,1-2H3,(H,21,22)/t15-/m0/s1. The number of nitrogens with one attached hydrogen (secondary N) is 1. The van der Waals surface area contributed by atoms with Gasteiger partial charge in [-0.25, -0.2) is 0 Å². The van der Waals surface area contributed by atoms with Crippen LogP contribution >= 0.6 is 11.6 Å². The van der Waals surface area contributed by atoms with E-state index in [0.717, 1.165) is 5.56 Å². The van der Waals surface area contributed by atoms with Gasteiger partial charge in [-0.1, -0.05) is 48.9 Å². The maximum Gasteiger partial charge on any atom is 0.313 e. The second-order valence-corrected chi connectivity index (χ2v) is 5.78. The fourth-order valence-corrected chi connectivity index (χ4v) is 2.66. The minimum Gasteiger partial charge on any atom is -0.495 e. The third kappa shape index (κ3) is 5.22. The van der Waals surface area contributed by atoms with Crippen molar-refractivity contribution in [1.29, 1.82) is 0 Å². The van der Waals surface area contributed by atoms with E-state index in [4.69, 9.17) is 21.1 Å². The Hall–Kier alpha value is -2.53. The summed E-state index contributed by atoms with van der Waals surface area (Å²) in [6.07, 6.45) is 0.596. The van der Waals surface area contributed by atoms with E-state index < -0.39 is 11.9 Å². The number of hydrogen-bond acceptors (Lipinski definition) is 4. The first kappa shape index (κ1) is 18.8. The molecule has 0 radical (unpaired) electrons. The molecule has 2 rings (SSSR count). The minimum atomic E-state index is -0.433. The summed E-state index contributed by atoms with van der Waals surface area (Å²) in [4.78, 5) is 24.2. The predicted molar refractivity (Wildman–Crippen MR) is 97.1 cm³/mol. The molecule has 1 atom stereocenters. The van der Waals surface area contributed by atoms with Crippen molar-refractivity contribution >= 4 is 29.2 Å². The highest BCUT2D eigenvalue weighted by Crippen LogP contribution is 2.27. The molecule has 0 saturated heterocycles. The van der Waals surface area contributed by atoms with Gasteiger partial charge in [0.1, 0.15) is 5.75 Å². The second kappa shape index (κ2) is 9.08. The van der Waals surface area contributed by atoms with Crippen molar-refractivity contribution in [2.45, 2.75) is 19.3 Å². The van der Waals surface area contributed by atoms with Gasteiger partial charge < -0.3 is 14.8 Å². The molecule has 0 aliphatic rings. The molecule has 0 aliphatic heterocycles. The summed E-state index contributed by atoms with van der Waals surface area (Å²) in [5.41, 5.74) is 1.37. The highest BCUT2D eigenvalue weighted by atomic mass is 35.5. The van der Waals surface area contributed by atoms with Gasteiger partial charge in [0.15, 0.2) is 6.61 Å². The molecular formula is C19H20ClNO4. The van der Waals surface area contributed by atoms with E-state index in [1.807, 2.05) is 37.3 Å². The van der Waals surface area contributed by atoms with Crippen LogP contribution in [0.2, 0.25) is 5.02 Å². The molecule has 0 aliphatic carbocycles. The van der Waals surface area contributed by atoms with Crippen LogP contribution in [0.3, 0.4) is 0 Å². The van der Waals surface area contributed by atoms with Gasteiger partial charge in [-0.2, -0.15) is 0 Å². The molecule has 0 spiro atoms. The van der Waals surface area contributed by atoms with Crippen LogP contribution in [0.5, 0.6) is 5.75 Å². The fourth-order valence-electron chi connectivity index (χ4n) is 2.40. The van der Waals surface area contributed by atoms with Gasteiger partial charge >= 0.3 is 5.97 Å². The summed E-state index contributed by atoms with van der Waals surface area (Å²) in [6, 6.07) is 14.2. The lowest BCUT2D eigenvalue weighted by molar-refractivity contribution is -0.149. The number of amides is 1. The Morgan fingerprint density at radius 2 is 1.88 bits per heavy atom. The predicted octanol–water partition coefficient (Wildman–Crippen LogP) is 4.02. The number of hydrogen-bond donors (Lipinski definition) is 1. The molecule has 0 bridgehead atoms. The van der Waals surface area contributed by atoms with Crippen molar-refractivity contribution in [2.24, 2.45) is 0 Å². The molecule has 2 aromatic carbocycles. The van der Waals surface area contributed by atoms with Crippen molar-refractivity contribution in [3.63, 3.8) is 0 Å². The highest BCUT2D eigenvalue weighted by Gasteiger charge is 2.21. The third-order valence-electron chi connectivity index (χ3n) is 3.68. The van der Waals surface area contributed by atoms with E-state index in [0.29, 0.717) is 22.9 Å². The zero-order valence-electron chi connectivity index (χ0n) is 14.1. The second-order valence-electron chi connectivity index (χ2n) is 5.38. The molecule has 0 heterocycles. The molecule has 1 N–H and O–H groups in total. The molecule has 0 fully saturated rings. The first-order valence-corrected chi connectivity index (χ1v) is 8.28. The van der Waals surface area contributed by atoms with Crippen LogP contribution in [-0.2, 0) is 14.3 Å². The Labute approximate surface area is 151 Å². The Morgan fingerprint density at radius 1 is 1.16 bits per heavy atom. The SMILES string of the molecule is CC[C@H](C(=O)OCC(=O)Nc1ccc(OC)c(Cl)c1)c1ccccc1. The number of ether oxygens (including phenoxy) is 2. The van der Waals surface area contributed by atoms with Crippen molar-refractivity contribution in [3.8, 4) is 5.75 Å². The first-order valence-electron chi connectivity index (χ1n) is 7.90. The average molecular weight is 362 g/mol. The molecule has 132 valence electrons. The summed E-state index contributed by atoms with van der Waals surface area (Å²) in [7, 11) is 1.51. The fraction of sp³-hybridized carbons (Fsp3) is 0.263. The molecule has 5 nitrogen and oxygen atoms in total. The van der Waals surface area contributed by atoms with E-state index in [2.05, 4.69) is 5.32 Å². The normalized spacial score (nSPS) is 11.5. The lowest BCUT2D eigenvalue weighted by atomic mass is 9.97. The largest absolute Gasteiger partial charge is 0.495 e. The molecule has 0 aromatic heterocycles. The van der Waals surface area contributed by atoms with E-state index in [1.165, 1.54) is 7.11 Å². The average Bonchev–Trinajstić information content (AvgIpc) is 2.62. The number of rotatable bonds is 7. The number of esters is 1. The number of anilines is 1. The highest BCUT2D eigenvalue weighted by molar-refractivity contribution is 6.32. The monoisotopic (exact) mass is 361 g/mol. The maximum absolute atomic E-state index is 12.2. The number of methoxy groups -OCH3 is 1. The molecule has 1 amide bonds. The van der Waals surface area contributed by atoms with Crippen molar-refractivity contribution in [2.75, 3.05) is 19.0 Å². The van der Waals surface area contributed by atoms with E-state index in [9.17, 15) is 9.59 Å². The van der Waals surface area contributed by atoms with E-state index in [-0.39, 0.29) is 12.5 Å². The number of carbonyl (C=O) groups excluding carboxylic acids is 2. The lowest BCUT2D eigenvalue weighted by Gasteiger charge is -2.14. The van der Waals surface area contributed by atoms with Crippen LogP contribution in [-0.4, -0.2) is 25.6 Å². The molecule has 0 unspecified atom stereocenters. The Kier molecular flexibility index (Phi) is 6.83. The van der Waals surface area contributed by atoms with Gasteiger partial charge in [-0.15, -0.1) is 0 Å².